The summed E-state index contributed by atoms with van der Waals surface area (Å²) in [5.74, 6) is -1.80. The lowest BCUT2D eigenvalue weighted by Gasteiger charge is -2.39. The van der Waals surface area contributed by atoms with Gasteiger partial charge in [-0.3, -0.25) is 0 Å². The number of hydrogen-bond donors (Lipinski definition) is 1. The van der Waals surface area contributed by atoms with Gasteiger partial charge in [0.1, 0.15) is 17.1 Å². The summed E-state index contributed by atoms with van der Waals surface area (Å²) in [5, 5.41) is 14.1. The number of benzene rings is 1. The largest absolute Gasteiger partial charge is 0.311 e. The van der Waals surface area contributed by atoms with Crippen LogP contribution in [0.3, 0.4) is 0 Å². The Kier molecular flexibility index (Phi) is 5.92. The molecule has 1 aliphatic heterocycles. The number of hydrogen-bond acceptors (Lipinski definition) is 2. The van der Waals surface area contributed by atoms with Crippen LogP contribution in [0.5, 0.6) is 0 Å². The third kappa shape index (κ3) is 3.73. The minimum atomic E-state index is -1.23. The van der Waals surface area contributed by atoms with Crippen molar-refractivity contribution in [2.45, 2.75) is 45.1 Å². The normalized spacial score (nSPS) is 30.6. The highest BCUT2D eigenvalue weighted by Crippen LogP contribution is 2.50. The molecular formula is C22H24Cl2F2N2. The van der Waals surface area contributed by atoms with Crippen LogP contribution in [0.15, 0.2) is 41.2 Å². The van der Waals surface area contributed by atoms with E-state index in [0.29, 0.717) is 19.4 Å². The Balaban J connectivity index is 2.17. The molecule has 2 nitrogen and oxygen atoms in total. The lowest BCUT2D eigenvalue weighted by molar-refractivity contribution is 0.223. The predicted molar refractivity (Wildman–Crippen MR) is 109 cm³/mol. The molecule has 1 saturated heterocycles. The van der Waals surface area contributed by atoms with E-state index in [1.54, 1.807) is 18.2 Å². The molecule has 2 aliphatic rings. The number of nitrogens with zero attached hydrogens (tertiary/aromatic N) is 1. The van der Waals surface area contributed by atoms with Crippen LogP contribution in [0.25, 0.3) is 0 Å². The average Bonchev–Trinajstić information content (AvgIpc) is 2.94. The van der Waals surface area contributed by atoms with E-state index in [-0.39, 0.29) is 27.0 Å². The number of rotatable bonds is 3. The van der Waals surface area contributed by atoms with E-state index in [9.17, 15) is 9.65 Å². The maximum atomic E-state index is 15.0. The molecule has 1 aromatic carbocycles. The summed E-state index contributed by atoms with van der Waals surface area (Å²) in [5.41, 5.74) is -1.04. The van der Waals surface area contributed by atoms with Gasteiger partial charge in [-0.15, -0.1) is 0 Å². The van der Waals surface area contributed by atoms with Crippen LogP contribution < -0.4 is 5.32 Å². The molecule has 1 unspecified atom stereocenters. The topological polar surface area (TPSA) is 35.8 Å². The van der Waals surface area contributed by atoms with Crippen LogP contribution in [-0.2, 0) is 5.41 Å². The summed E-state index contributed by atoms with van der Waals surface area (Å²) in [4.78, 5) is 0. The Morgan fingerprint density at radius 3 is 2.61 bits per heavy atom. The molecule has 0 radical (unpaired) electrons. The van der Waals surface area contributed by atoms with Crippen LogP contribution in [0.4, 0.5) is 8.78 Å². The predicted octanol–water partition coefficient (Wildman–Crippen LogP) is 6.26. The maximum Gasteiger partial charge on any atom is 0.129 e. The van der Waals surface area contributed by atoms with Gasteiger partial charge in [0.15, 0.2) is 0 Å². The first-order valence-corrected chi connectivity index (χ1v) is 10.2. The molecule has 1 aromatic rings. The summed E-state index contributed by atoms with van der Waals surface area (Å²) in [7, 11) is 0. The maximum absolute atomic E-state index is 15.0. The van der Waals surface area contributed by atoms with Crippen LogP contribution in [0, 0.1) is 34.4 Å². The van der Waals surface area contributed by atoms with Gasteiger partial charge in [-0.25, -0.2) is 8.78 Å². The van der Waals surface area contributed by atoms with Crippen LogP contribution >= 0.6 is 23.2 Å². The van der Waals surface area contributed by atoms with Gasteiger partial charge in [-0.1, -0.05) is 56.1 Å². The lowest BCUT2D eigenvalue weighted by Crippen LogP contribution is -2.48. The van der Waals surface area contributed by atoms with Gasteiger partial charge >= 0.3 is 0 Å². The molecule has 28 heavy (non-hydrogen) atoms. The first kappa shape index (κ1) is 21.3. The van der Waals surface area contributed by atoms with Gasteiger partial charge in [0.05, 0.1) is 11.1 Å². The lowest BCUT2D eigenvalue weighted by atomic mass is 9.62. The van der Waals surface area contributed by atoms with Crippen molar-refractivity contribution in [3.8, 4) is 6.07 Å². The Labute approximate surface area is 175 Å². The zero-order valence-corrected chi connectivity index (χ0v) is 17.7. The summed E-state index contributed by atoms with van der Waals surface area (Å²) in [6.45, 7) is 6.76. The molecule has 3 rings (SSSR count). The smallest absolute Gasteiger partial charge is 0.129 e. The molecule has 1 N–H and O–H groups in total. The quantitative estimate of drug-likeness (QED) is 0.621. The Morgan fingerprint density at radius 2 is 2.00 bits per heavy atom. The van der Waals surface area contributed by atoms with Crippen LogP contribution in [-0.4, -0.2) is 12.6 Å². The second kappa shape index (κ2) is 7.78. The van der Waals surface area contributed by atoms with E-state index in [1.807, 2.05) is 0 Å². The van der Waals surface area contributed by atoms with Crippen LogP contribution in [0.2, 0.25) is 5.02 Å². The van der Waals surface area contributed by atoms with Gasteiger partial charge in [-0.2, -0.15) is 5.26 Å². The molecule has 6 heteroatoms. The van der Waals surface area contributed by atoms with E-state index in [2.05, 4.69) is 32.2 Å². The molecular weight excluding hydrogens is 401 g/mol. The van der Waals surface area contributed by atoms with Gasteiger partial charge in [-0.05, 0) is 42.4 Å². The molecule has 0 amide bonds. The third-order valence-corrected chi connectivity index (χ3v) is 6.29. The average molecular weight is 425 g/mol. The Hall–Kier alpha value is -1.41. The molecule has 0 spiro atoms. The fourth-order valence-corrected chi connectivity index (χ4v) is 5.06. The van der Waals surface area contributed by atoms with Gasteiger partial charge in [0, 0.05) is 29.1 Å². The highest BCUT2D eigenvalue weighted by molar-refractivity contribution is 6.31. The number of nitriles is 1. The first-order valence-electron chi connectivity index (χ1n) is 9.42. The van der Waals surface area contributed by atoms with Crippen molar-refractivity contribution in [2.24, 2.45) is 17.3 Å². The number of allylic oxidation sites excluding steroid dienone is 3. The van der Waals surface area contributed by atoms with E-state index >= 15 is 4.39 Å². The van der Waals surface area contributed by atoms with Crippen molar-refractivity contribution in [1.82, 2.24) is 5.32 Å². The van der Waals surface area contributed by atoms with Crippen molar-refractivity contribution in [3.05, 3.63) is 57.6 Å². The monoisotopic (exact) mass is 424 g/mol. The van der Waals surface area contributed by atoms with Crippen molar-refractivity contribution in [3.63, 3.8) is 0 Å². The van der Waals surface area contributed by atoms with Crippen LogP contribution in [0.1, 0.15) is 39.2 Å². The highest BCUT2D eigenvalue weighted by atomic mass is 35.5. The molecule has 1 heterocycles. The Morgan fingerprint density at radius 1 is 1.29 bits per heavy atom. The second-order valence-corrected chi connectivity index (χ2v) is 9.74. The number of halogens is 4. The van der Waals surface area contributed by atoms with E-state index < -0.39 is 29.0 Å². The fraction of sp³-hybridized carbons (Fsp3) is 0.500. The van der Waals surface area contributed by atoms with Gasteiger partial charge in [0.25, 0.3) is 0 Å². The summed E-state index contributed by atoms with van der Waals surface area (Å²) in [6, 6.07) is 6.18. The van der Waals surface area contributed by atoms with Gasteiger partial charge in [0.2, 0.25) is 0 Å². The summed E-state index contributed by atoms with van der Waals surface area (Å²) < 4.78 is 30.0. The summed E-state index contributed by atoms with van der Waals surface area (Å²) >= 11 is 12.0. The highest BCUT2D eigenvalue weighted by Gasteiger charge is 2.57. The standard InChI is InChI=1S/C22H24Cl2F2N2/c1-21(2,3)10-13-11-28-20(15-5-4-6-17(24)19(15)26)22(13,12-27)16-8-7-14(23)9-18(16)25/h4,6-9,13,15,20,28H,5,10-11H2,1-3H3/t13-,15?,20-,22-/m1/s1. The zero-order valence-electron chi connectivity index (χ0n) is 16.2. The molecule has 0 aromatic heterocycles. The van der Waals surface area contributed by atoms with E-state index in [1.165, 1.54) is 12.1 Å². The molecule has 1 aliphatic carbocycles. The molecule has 150 valence electrons. The van der Waals surface area contributed by atoms with Gasteiger partial charge < -0.3 is 5.32 Å². The molecule has 1 fully saturated rings. The Bertz CT molecular complexity index is 866. The van der Waals surface area contributed by atoms with Crippen molar-refractivity contribution in [1.29, 1.82) is 5.26 Å². The fourth-order valence-electron chi connectivity index (χ4n) is 4.67. The molecule has 4 atom stereocenters. The van der Waals surface area contributed by atoms with E-state index in [4.69, 9.17) is 23.2 Å². The van der Waals surface area contributed by atoms with Crippen molar-refractivity contribution in [2.75, 3.05) is 6.54 Å². The zero-order chi connectivity index (χ0) is 20.7. The minimum Gasteiger partial charge on any atom is -0.311 e. The number of nitrogens with one attached hydrogen (secondary N) is 1. The molecule has 0 saturated carbocycles. The summed E-state index contributed by atoms with van der Waals surface area (Å²) in [6.07, 6.45) is 4.43. The third-order valence-electron chi connectivity index (χ3n) is 5.75. The second-order valence-electron chi connectivity index (χ2n) is 8.89. The van der Waals surface area contributed by atoms with Crippen molar-refractivity contribution >= 4 is 23.2 Å². The SMILES string of the molecule is CC(C)(C)C[C@@H]1CN[C@H](C2CC=CC(Cl)=C2F)[C@@]1(C#N)c1ccc(Cl)cc1F. The van der Waals surface area contributed by atoms with Crippen molar-refractivity contribution < 1.29 is 8.78 Å². The minimum absolute atomic E-state index is 0.0424. The van der Waals surface area contributed by atoms with E-state index in [0.717, 1.165) is 0 Å². The molecule has 0 bridgehead atoms. The first-order chi connectivity index (χ1) is 13.1.